The first kappa shape index (κ1) is 10.3. The lowest BCUT2D eigenvalue weighted by Gasteiger charge is -2.11. The van der Waals surface area contributed by atoms with Crippen LogP contribution in [0, 0.1) is 5.92 Å². The van der Waals surface area contributed by atoms with Crippen LogP contribution in [-0.4, -0.2) is 25.0 Å². The Balaban J connectivity index is 1.98. The summed E-state index contributed by atoms with van der Waals surface area (Å²) in [6.07, 6.45) is 0.461. The van der Waals surface area contributed by atoms with Crippen molar-refractivity contribution in [2.75, 3.05) is 13.2 Å². The van der Waals surface area contributed by atoms with E-state index in [2.05, 4.69) is 0 Å². The molecule has 0 spiro atoms. The van der Waals surface area contributed by atoms with Gasteiger partial charge in [-0.1, -0.05) is 30.3 Å². The van der Waals surface area contributed by atoms with E-state index in [1.165, 1.54) is 0 Å². The van der Waals surface area contributed by atoms with Gasteiger partial charge in [-0.05, 0) is 5.56 Å². The molecule has 0 aromatic heterocycles. The molecule has 2 N–H and O–H groups in total. The number of rotatable bonds is 3. The zero-order valence-corrected chi connectivity index (χ0v) is 8.56. The average Bonchev–Trinajstić information content (AvgIpc) is 2.66. The van der Waals surface area contributed by atoms with Gasteiger partial charge in [-0.3, -0.25) is 4.79 Å². The highest BCUT2D eigenvalue weighted by molar-refractivity contribution is 5.84. The molecule has 3 heteroatoms. The number of nitrogens with two attached hydrogens (primary N) is 1. The Hall–Kier alpha value is -1.19. The number of carbonyl (C=O) groups is 1. The van der Waals surface area contributed by atoms with E-state index in [-0.39, 0.29) is 17.7 Å². The Kier molecular flexibility index (Phi) is 3.14. The summed E-state index contributed by atoms with van der Waals surface area (Å²) in [7, 11) is 0. The molecule has 0 aliphatic carbocycles. The minimum Gasteiger partial charge on any atom is -0.379 e. The van der Waals surface area contributed by atoms with E-state index in [9.17, 15) is 4.79 Å². The highest BCUT2D eigenvalue weighted by Gasteiger charge is 2.30. The first-order chi connectivity index (χ1) is 7.27. The van der Waals surface area contributed by atoms with Crippen LogP contribution in [-0.2, 0) is 16.0 Å². The number of Topliss-reactive ketones (excluding diaryl/α,β-unsaturated/α-hetero) is 1. The van der Waals surface area contributed by atoms with E-state index in [4.69, 9.17) is 10.5 Å². The van der Waals surface area contributed by atoms with Crippen molar-refractivity contribution in [2.45, 2.75) is 12.5 Å². The van der Waals surface area contributed by atoms with E-state index in [0.29, 0.717) is 19.6 Å². The van der Waals surface area contributed by atoms with E-state index in [1.54, 1.807) is 0 Å². The normalized spacial score (nSPS) is 25.4. The Morgan fingerprint density at radius 3 is 2.67 bits per heavy atom. The molecular weight excluding hydrogens is 190 g/mol. The number of ether oxygens (including phenoxy) is 1. The number of hydrogen-bond donors (Lipinski definition) is 1. The van der Waals surface area contributed by atoms with E-state index in [0.717, 1.165) is 5.56 Å². The van der Waals surface area contributed by atoms with Crippen molar-refractivity contribution in [3.63, 3.8) is 0 Å². The van der Waals surface area contributed by atoms with Crippen LogP contribution in [0.25, 0.3) is 0 Å². The Bertz CT molecular complexity index is 337. The van der Waals surface area contributed by atoms with Gasteiger partial charge in [0.25, 0.3) is 0 Å². The summed E-state index contributed by atoms with van der Waals surface area (Å²) in [6, 6.07) is 9.61. The van der Waals surface area contributed by atoms with Gasteiger partial charge >= 0.3 is 0 Å². The zero-order chi connectivity index (χ0) is 10.7. The molecule has 1 aromatic carbocycles. The van der Waals surface area contributed by atoms with E-state index < -0.39 is 0 Å². The van der Waals surface area contributed by atoms with Gasteiger partial charge in [0, 0.05) is 12.5 Å². The molecule has 0 amide bonds. The molecule has 3 nitrogen and oxygen atoms in total. The van der Waals surface area contributed by atoms with Crippen molar-refractivity contribution in [3.8, 4) is 0 Å². The third-order valence-electron chi connectivity index (χ3n) is 2.76. The molecule has 80 valence electrons. The Morgan fingerprint density at radius 1 is 1.33 bits per heavy atom. The van der Waals surface area contributed by atoms with Crippen molar-refractivity contribution in [1.29, 1.82) is 0 Å². The molecule has 2 atom stereocenters. The third-order valence-corrected chi connectivity index (χ3v) is 2.76. The minimum absolute atomic E-state index is 0.120. The maximum atomic E-state index is 11.9. The first-order valence-electron chi connectivity index (χ1n) is 5.17. The standard InChI is InChI=1S/C12H15NO2/c13-11-8-15-7-10(11)12(14)6-9-4-2-1-3-5-9/h1-5,10-11H,6-8,13H2. The molecule has 15 heavy (non-hydrogen) atoms. The number of ketones is 1. The molecule has 1 aromatic rings. The van der Waals surface area contributed by atoms with Crippen LogP contribution < -0.4 is 5.73 Å². The van der Waals surface area contributed by atoms with Gasteiger partial charge in [0.2, 0.25) is 0 Å². The van der Waals surface area contributed by atoms with Gasteiger partial charge in [-0.15, -0.1) is 0 Å². The largest absolute Gasteiger partial charge is 0.379 e. The smallest absolute Gasteiger partial charge is 0.144 e. The Labute approximate surface area is 89.2 Å². The van der Waals surface area contributed by atoms with Crippen LogP contribution in [0.1, 0.15) is 5.56 Å². The van der Waals surface area contributed by atoms with Crippen molar-refractivity contribution in [1.82, 2.24) is 0 Å². The van der Waals surface area contributed by atoms with Gasteiger partial charge in [-0.2, -0.15) is 0 Å². The predicted octanol–water partition coefficient (Wildman–Crippen LogP) is 0.772. The van der Waals surface area contributed by atoms with Crippen LogP contribution in [0.3, 0.4) is 0 Å². The number of hydrogen-bond acceptors (Lipinski definition) is 3. The van der Waals surface area contributed by atoms with Crippen molar-refractivity contribution < 1.29 is 9.53 Å². The summed E-state index contributed by atoms with van der Waals surface area (Å²) in [4.78, 5) is 11.9. The summed E-state index contributed by atoms with van der Waals surface area (Å²) in [5, 5.41) is 0. The SMILES string of the molecule is NC1COCC1C(=O)Cc1ccccc1. The van der Waals surface area contributed by atoms with Crippen LogP contribution in [0.2, 0.25) is 0 Å². The average molecular weight is 205 g/mol. The fourth-order valence-electron chi connectivity index (χ4n) is 1.83. The van der Waals surface area contributed by atoms with Crippen LogP contribution in [0.5, 0.6) is 0 Å². The van der Waals surface area contributed by atoms with Gasteiger partial charge in [0.1, 0.15) is 5.78 Å². The molecule has 0 bridgehead atoms. The topological polar surface area (TPSA) is 52.3 Å². The fourth-order valence-corrected chi connectivity index (χ4v) is 1.83. The molecule has 1 aliphatic heterocycles. The predicted molar refractivity (Wildman–Crippen MR) is 57.4 cm³/mol. The van der Waals surface area contributed by atoms with Crippen molar-refractivity contribution in [3.05, 3.63) is 35.9 Å². The van der Waals surface area contributed by atoms with Gasteiger partial charge in [0.15, 0.2) is 0 Å². The van der Waals surface area contributed by atoms with Gasteiger partial charge in [0.05, 0.1) is 19.1 Å². The quantitative estimate of drug-likeness (QED) is 0.793. The second-order valence-corrected chi connectivity index (χ2v) is 3.94. The molecule has 1 fully saturated rings. The first-order valence-corrected chi connectivity index (χ1v) is 5.17. The second-order valence-electron chi connectivity index (χ2n) is 3.94. The molecule has 1 aliphatic rings. The molecular formula is C12H15NO2. The van der Waals surface area contributed by atoms with Gasteiger partial charge in [-0.25, -0.2) is 0 Å². The monoisotopic (exact) mass is 205 g/mol. The van der Waals surface area contributed by atoms with Gasteiger partial charge < -0.3 is 10.5 Å². The molecule has 1 heterocycles. The summed E-state index contributed by atoms with van der Waals surface area (Å²) in [6.45, 7) is 0.984. The third kappa shape index (κ3) is 2.43. The summed E-state index contributed by atoms with van der Waals surface area (Å²) in [5.41, 5.74) is 6.83. The Morgan fingerprint density at radius 2 is 2.07 bits per heavy atom. The molecule has 0 radical (unpaired) electrons. The maximum absolute atomic E-state index is 11.9. The van der Waals surface area contributed by atoms with Crippen LogP contribution in [0.15, 0.2) is 30.3 Å². The lowest BCUT2D eigenvalue weighted by molar-refractivity contribution is -0.122. The highest BCUT2D eigenvalue weighted by Crippen LogP contribution is 2.15. The highest BCUT2D eigenvalue weighted by atomic mass is 16.5. The maximum Gasteiger partial charge on any atom is 0.144 e. The zero-order valence-electron chi connectivity index (χ0n) is 8.56. The van der Waals surface area contributed by atoms with E-state index in [1.807, 2.05) is 30.3 Å². The molecule has 2 rings (SSSR count). The van der Waals surface area contributed by atoms with Crippen LogP contribution >= 0.6 is 0 Å². The minimum atomic E-state index is -0.124. The second kappa shape index (κ2) is 4.55. The lowest BCUT2D eigenvalue weighted by Crippen LogP contribution is -2.34. The molecule has 1 saturated heterocycles. The molecule has 2 unspecified atom stereocenters. The molecule has 0 saturated carbocycles. The van der Waals surface area contributed by atoms with Crippen molar-refractivity contribution in [2.24, 2.45) is 11.7 Å². The fraction of sp³-hybridized carbons (Fsp3) is 0.417. The van der Waals surface area contributed by atoms with E-state index >= 15 is 0 Å². The van der Waals surface area contributed by atoms with Crippen molar-refractivity contribution >= 4 is 5.78 Å². The summed E-state index contributed by atoms with van der Waals surface area (Å²) < 4.78 is 5.18. The lowest BCUT2D eigenvalue weighted by atomic mass is 9.94. The number of benzene rings is 1. The number of carbonyl (C=O) groups excluding carboxylic acids is 1. The van der Waals surface area contributed by atoms with Crippen LogP contribution in [0.4, 0.5) is 0 Å². The summed E-state index contributed by atoms with van der Waals surface area (Å²) in [5.74, 6) is 0.0661. The summed E-state index contributed by atoms with van der Waals surface area (Å²) >= 11 is 0.